The molecule has 5 nitrogen and oxygen atoms in total. The van der Waals surface area contributed by atoms with Crippen LogP contribution in [-0.4, -0.2) is 5.11 Å². The van der Waals surface area contributed by atoms with Gasteiger partial charge >= 0.3 is 0 Å². The maximum absolute atomic E-state index is 10.8. The molecule has 0 atom stereocenters. The van der Waals surface area contributed by atoms with Crippen LogP contribution in [0, 0.1) is 4.91 Å². The predicted octanol–water partition coefficient (Wildman–Crippen LogP) is 0.530. The van der Waals surface area contributed by atoms with Gasteiger partial charge in [-0.3, -0.25) is 4.79 Å². The molecule has 1 N–H and O–H groups in total. The second-order valence-electron chi connectivity index (χ2n) is 1.85. The minimum absolute atomic E-state index is 0.113. The van der Waals surface area contributed by atoms with Crippen molar-refractivity contribution in [1.82, 2.24) is 0 Å². The summed E-state index contributed by atoms with van der Waals surface area (Å²) in [5.41, 5.74) is -0.836. The van der Waals surface area contributed by atoms with Crippen LogP contribution in [0.4, 0.5) is 5.69 Å². The van der Waals surface area contributed by atoms with Crippen molar-refractivity contribution >= 4 is 5.69 Å². The van der Waals surface area contributed by atoms with Crippen LogP contribution in [-0.2, 0) is 6.61 Å². The largest absolute Gasteiger partial charge is 0.464 e. The highest BCUT2D eigenvalue weighted by molar-refractivity contribution is 5.31. The molecular weight excluding hydrogens is 150 g/mol. The molecule has 0 saturated heterocycles. The Morgan fingerprint density at radius 2 is 2.36 bits per heavy atom. The van der Waals surface area contributed by atoms with E-state index < -0.39 is 5.43 Å². The zero-order valence-electron chi connectivity index (χ0n) is 5.48. The first-order valence-electron chi connectivity index (χ1n) is 2.84. The maximum atomic E-state index is 10.8. The van der Waals surface area contributed by atoms with E-state index in [1.165, 1.54) is 0 Å². The third kappa shape index (κ3) is 1.50. The first kappa shape index (κ1) is 7.62. The van der Waals surface area contributed by atoms with Crippen LogP contribution in [0.25, 0.3) is 0 Å². The zero-order valence-corrected chi connectivity index (χ0v) is 5.48. The summed E-state index contributed by atoms with van der Waals surface area (Å²) in [6.07, 6.45) is 0.918. The highest BCUT2D eigenvalue weighted by Gasteiger charge is 2.01. The summed E-state index contributed by atoms with van der Waals surface area (Å²) in [7, 11) is 0. The SMILES string of the molecule is O=Nc1coc(CO)cc1=O. The molecule has 0 radical (unpaired) electrons. The summed E-state index contributed by atoms with van der Waals surface area (Å²) in [5.74, 6) is 0.113. The molecule has 0 aliphatic heterocycles. The lowest BCUT2D eigenvalue weighted by Gasteiger charge is -1.91. The Morgan fingerprint density at radius 3 is 2.82 bits per heavy atom. The van der Waals surface area contributed by atoms with E-state index in [0.717, 1.165) is 12.3 Å². The fraction of sp³-hybridized carbons (Fsp3) is 0.167. The zero-order chi connectivity index (χ0) is 8.27. The topological polar surface area (TPSA) is 79.9 Å². The summed E-state index contributed by atoms with van der Waals surface area (Å²) in [5, 5.41) is 10.9. The number of aliphatic hydroxyl groups is 1. The molecule has 0 unspecified atom stereocenters. The third-order valence-electron chi connectivity index (χ3n) is 1.12. The highest BCUT2D eigenvalue weighted by Crippen LogP contribution is 2.05. The molecule has 0 fully saturated rings. The first-order chi connectivity index (χ1) is 5.27. The number of hydrogen-bond donors (Lipinski definition) is 1. The number of hydrogen-bond acceptors (Lipinski definition) is 5. The molecule has 0 spiro atoms. The minimum Gasteiger partial charge on any atom is -0.464 e. The fourth-order valence-electron chi connectivity index (χ4n) is 0.593. The molecule has 1 heterocycles. The minimum atomic E-state index is -0.546. The smallest absolute Gasteiger partial charge is 0.214 e. The van der Waals surface area contributed by atoms with E-state index in [2.05, 4.69) is 9.59 Å². The Balaban J connectivity index is 3.20. The second kappa shape index (κ2) is 3.07. The molecule has 1 aromatic rings. The molecule has 0 bridgehead atoms. The van der Waals surface area contributed by atoms with E-state index in [1.807, 2.05) is 0 Å². The average molecular weight is 155 g/mol. The van der Waals surface area contributed by atoms with Crippen molar-refractivity contribution in [3.8, 4) is 0 Å². The molecule has 0 saturated carbocycles. The van der Waals surface area contributed by atoms with Crippen molar-refractivity contribution in [2.24, 2.45) is 5.18 Å². The molecule has 1 aromatic heterocycles. The fourth-order valence-corrected chi connectivity index (χ4v) is 0.593. The van der Waals surface area contributed by atoms with Gasteiger partial charge in [-0.05, 0) is 5.18 Å². The van der Waals surface area contributed by atoms with Crippen LogP contribution >= 0.6 is 0 Å². The quantitative estimate of drug-likeness (QED) is 0.631. The molecule has 0 amide bonds. The lowest BCUT2D eigenvalue weighted by molar-refractivity contribution is 0.244. The van der Waals surface area contributed by atoms with Gasteiger partial charge in [0.05, 0.1) is 0 Å². The molecular formula is C6H5NO4. The van der Waals surface area contributed by atoms with Crippen LogP contribution in [0.5, 0.6) is 0 Å². The Labute approximate surface area is 61.3 Å². The number of nitroso groups, excluding NO2 is 1. The molecule has 58 valence electrons. The Morgan fingerprint density at radius 1 is 1.64 bits per heavy atom. The van der Waals surface area contributed by atoms with E-state index in [9.17, 15) is 9.70 Å². The van der Waals surface area contributed by atoms with Gasteiger partial charge in [0.25, 0.3) is 0 Å². The van der Waals surface area contributed by atoms with Crippen LogP contribution in [0.15, 0.2) is 26.7 Å². The van der Waals surface area contributed by atoms with Gasteiger partial charge in [-0.1, -0.05) is 0 Å². The molecule has 0 aliphatic carbocycles. The van der Waals surface area contributed by atoms with Gasteiger partial charge < -0.3 is 9.52 Å². The highest BCUT2D eigenvalue weighted by atomic mass is 16.4. The van der Waals surface area contributed by atoms with Crippen LogP contribution in [0.3, 0.4) is 0 Å². The Bertz CT molecular complexity index is 317. The summed E-state index contributed by atoms with van der Waals surface area (Å²) in [6, 6.07) is 1.02. The maximum Gasteiger partial charge on any atom is 0.214 e. The second-order valence-corrected chi connectivity index (χ2v) is 1.85. The van der Waals surface area contributed by atoms with Crippen molar-refractivity contribution in [2.75, 3.05) is 0 Å². The van der Waals surface area contributed by atoms with Gasteiger partial charge in [0, 0.05) is 6.07 Å². The van der Waals surface area contributed by atoms with Gasteiger partial charge in [-0.15, -0.1) is 4.91 Å². The predicted molar refractivity (Wildman–Crippen MR) is 36.4 cm³/mol. The van der Waals surface area contributed by atoms with Crippen LogP contribution < -0.4 is 5.43 Å². The van der Waals surface area contributed by atoms with Gasteiger partial charge in [0.1, 0.15) is 18.6 Å². The molecule has 0 aliphatic rings. The van der Waals surface area contributed by atoms with Crippen molar-refractivity contribution < 1.29 is 9.52 Å². The first-order valence-corrected chi connectivity index (χ1v) is 2.84. The van der Waals surface area contributed by atoms with Crippen molar-refractivity contribution in [2.45, 2.75) is 6.61 Å². The Hall–Kier alpha value is -1.49. The molecule has 5 heteroatoms. The summed E-state index contributed by atoms with van der Waals surface area (Å²) in [6.45, 7) is -0.367. The average Bonchev–Trinajstić information content (AvgIpc) is 2.04. The number of nitrogens with zero attached hydrogens (tertiary/aromatic N) is 1. The van der Waals surface area contributed by atoms with E-state index in [0.29, 0.717) is 0 Å². The van der Waals surface area contributed by atoms with Gasteiger partial charge in [0.2, 0.25) is 5.43 Å². The van der Waals surface area contributed by atoms with E-state index >= 15 is 0 Å². The van der Waals surface area contributed by atoms with Crippen LogP contribution in [0.2, 0.25) is 0 Å². The lowest BCUT2D eigenvalue weighted by atomic mass is 10.4. The molecule has 0 aromatic carbocycles. The lowest BCUT2D eigenvalue weighted by Crippen LogP contribution is -1.99. The van der Waals surface area contributed by atoms with E-state index in [-0.39, 0.29) is 18.1 Å². The standard InChI is InChI=1S/C6H5NO4/c8-2-4-1-6(9)5(7-10)3-11-4/h1,3,8H,2H2. The number of aliphatic hydroxyl groups excluding tert-OH is 1. The van der Waals surface area contributed by atoms with Gasteiger partial charge in [0.15, 0.2) is 5.69 Å². The summed E-state index contributed by atoms with van der Waals surface area (Å²) in [4.78, 5) is 20.6. The van der Waals surface area contributed by atoms with Gasteiger partial charge in [-0.25, -0.2) is 0 Å². The van der Waals surface area contributed by atoms with Crippen molar-refractivity contribution in [1.29, 1.82) is 0 Å². The summed E-state index contributed by atoms with van der Waals surface area (Å²) >= 11 is 0. The van der Waals surface area contributed by atoms with Gasteiger partial charge in [-0.2, -0.15) is 0 Å². The van der Waals surface area contributed by atoms with Crippen LogP contribution in [0.1, 0.15) is 5.76 Å². The molecule has 11 heavy (non-hydrogen) atoms. The van der Waals surface area contributed by atoms with Crippen molar-refractivity contribution in [3.63, 3.8) is 0 Å². The summed E-state index contributed by atoms with van der Waals surface area (Å²) < 4.78 is 4.64. The number of rotatable bonds is 2. The van der Waals surface area contributed by atoms with Crippen molar-refractivity contribution in [3.05, 3.63) is 33.2 Å². The third-order valence-corrected chi connectivity index (χ3v) is 1.12. The Kier molecular flexibility index (Phi) is 2.12. The normalized spacial score (nSPS) is 9.55. The van der Waals surface area contributed by atoms with E-state index in [1.54, 1.807) is 0 Å². The monoisotopic (exact) mass is 155 g/mol. The molecule has 1 rings (SSSR count). The van der Waals surface area contributed by atoms with E-state index in [4.69, 9.17) is 5.11 Å².